The van der Waals surface area contributed by atoms with Crippen LogP contribution in [-0.4, -0.2) is 37.6 Å². The Balaban J connectivity index is 1.94. The minimum atomic E-state index is -2.99. The van der Waals surface area contributed by atoms with Gasteiger partial charge in [0.15, 0.2) is 0 Å². The van der Waals surface area contributed by atoms with Gasteiger partial charge < -0.3 is 5.73 Å². The van der Waals surface area contributed by atoms with Crippen molar-refractivity contribution in [3.05, 3.63) is 0 Å². The normalized spacial score (nSPS) is 22.3. The maximum Gasteiger partial charge on any atom is 0.214 e. The zero-order valence-corrected chi connectivity index (χ0v) is 9.88. The minimum Gasteiger partial charge on any atom is -0.330 e. The van der Waals surface area contributed by atoms with Crippen LogP contribution in [0.2, 0.25) is 0 Å². The maximum absolute atomic E-state index is 12.1. The first-order valence-corrected chi connectivity index (χ1v) is 7.44. The fourth-order valence-corrected chi connectivity index (χ4v) is 4.03. The number of rotatable bonds is 7. The van der Waals surface area contributed by atoms with E-state index in [4.69, 9.17) is 5.73 Å². The molecule has 5 heteroatoms. The van der Waals surface area contributed by atoms with Crippen LogP contribution in [0.15, 0.2) is 0 Å². The molecule has 2 aliphatic carbocycles. The highest BCUT2D eigenvalue weighted by molar-refractivity contribution is 7.89. The fraction of sp³-hybridized carbons (Fsp3) is 1.00. The van der Waals surface area contributed by atoms with Gasteiger partial charge in [0, 0.05) is 12.6 Å². The Morgan fingerprint density at radius 1 is 1.20 bits per heavy atom. The number of hydrogen-bond acceptors (Lipinski definition) is 3. The summed E-state index contributed by atoms with van der Waals surface area (Å²) in [4.78, 5) is 0. The molecule has 88 valence electrons. The molecule has 2 N–H and O–H groups in total. The summed E-state index contributed by atoms with van der Waals surface area (Å²) in [5.74, 6) is 0.808. The lowest BCUT2D eigenvalue weighted by Gasteiger charge is -2.21. The summed E-state index contributed by atoms with van der Waals surface area (Å²) in [6.07, 6.45) is 5.03. The molecule has 0 atom stereocenters. The summed E-state index contributed by atoms with van der Waals surface area (Å²) in [5.41, 5.74) is 5.43. The predicted octanol–water partition coefficient (Wildman–Crippen LogP) is 0.539. The lowest BCUT2D eigenvalue weighted by Crippen LogP contribution is -2.37. The van der Waals surface area contributed by atoms with Crippen molar-refractivity contribution in [2.75, 3.05) is 18.8 Å². The Bertz CT molecular complexity index is 307. The molecule has 0 radical (unpaired) electrons. The predicted molar refractivity (Wildman–Crippen MR) is 59.9 cm³/mol. The van der Waals surface area contributed by atoms with E-state index >= 15 is 0 Å². The van der Waals surface area contributed by atoms with Crippen LogP contribution in [0.5, 0.6) is 0 Å². The molecule has 0 aromatic carbocycles. The summed E-state index contributed by atoms with van der Waals surface area (Å²) in [7, 11) is -2.99. The van der Waals surface area contributed by atoms with Gasteiger partial charge in [-0.1, -0.05) is 0 Å². The second-order valence-electron chi connectivity index (χ2n) is 4.71. The van der Waals surface area contributed by atoms with E-state index in [1.807, 2.05) is 0 Å². The third kappa shape index (κ3) is 3.16. The van der Waals surface area contributed by atoms with Gasteiger partial charge in [-0.2, -0.15) is 4.31 Å². The van der Waals surface area contributed by atoms with Crippen molar-refractivity contribution < 1.29 is 8.42 Å². The molecular formula is C10H20N2O2S. The van der Waals surface area contributed by atoms with Gasteiger partial charge in [-0.25, -0.2) is 8.42 Å². The first-order valence-electron chi connectivity index (χ1n) is 5.83. The molecule has 4 nitrogen and oxygen atoms in total. The van der Waals surface area contributed by atoms with Crippen LogP contribution in [-0.2, 0) is 10.0 Å². The van der Waals surface area contributed by atoms with E-state index in [2.05, 4.69) is 0 Å². The van der Waals surface area contributed by atoms with Crippen LogP contribution in [0.25, 0.3) is 0 Å². The van der Waals surface area contributed by atoms with E-state index in [1.165, 1.54) is 0 Å². The second kappa shape index (κ2) is 4.39. The van der Waals surface area contributed by atoms with Crippen molar-refractivity contribution >= 4 is 10.0 Å². The van der Waals surface area contributed by atoms with E-state index in [1.54, 1.807) is 4.31 Å². The smallest absolute Gasteiger partial charge is 0.214 e. The summed E-state index contributed by atoms with van der Waals surface area (Å²) in [6, 6.07) is 0.292. The summed E-state index contributed by atoms with van der Waals surface area (Å²) >= 11 is 0. The van der Waals surface area contributed by atoms with E-state index in [0.717, 1.165) is 32.1 Å². The van der Waals surface area contributed by atoms with Gasteiger partial charge in [0.25, 0.3) is 0 Å². The standard InChI is InChI=1S/C10H20N2O2S/c11-6-1-7-12(10-4-5-10)15(13,14)8-9-2-3-9/h9-10H,1-8,11H2. The Hall–Kier alpha value is -0.130. The molecule has 2 rings (SSSR count). The third-order valence-electron chi connectivity index (χ3n) is 3.04. The Morgan fingerprint density at radius 3 is 2.33 bits per heavy atom. The summed E-state index contributed by atoms with van der Waals surface area (Å²) in [6.45, 7) is 1.19. The highest BCUT2D eigenvalue weighted by Gasteiger charge is 2.39. The maximum atomic E-state index is 12.1. The molecule has 0 aromatic rings. The quantitative estimate of drug-likeness (QED) is 0.697. The molecule has 15 heavy (non-hydrogen) atoms. The highest BCUT2D eigenvalue weighted by atomic mass is 32.2. The van der Waals surface area contributed by atoms with E-state index < -0.39 is 10.0 Å². The van der Waals surface area contributed by atoms with Gasteiger partial charge in [-0.05, 0) is 44.6 Å². The largest absolute Gasteiger partial charge is 0.330 e. The summed E-state index contributed by atoms with van der Waals surface area (Å²) in [5, 5.41) is 0. The van der Waals surface area contributed by atoms with E-state index in [-0.39, 0.29) is 0 Å². The average Bonchev–Trinajstić information content (AvgIpc) is 2.96. The van der Waals surface area contributed by atoms with Crippen molar-refractivity contribution in [3.8, 4) is 0 Å². The topological polar surface area (TPSA) is 63.4 Å². The van der Waals surface area contributed by atoms with Gasteiger partial charge in [-0.15, -0.1) is 0 Å². The lowest BCUT2D eigenvalue weighted by atomic mass is 10.4. The van der Waals surface area contributed by atoms with Crippen molar-refractivity contribution in [3.63, 3.8) is 0 Å². The van der Waals surface area contributed by atoms with Crippen LogP contribution < -0.4 is 5.73 Å². The lowest BCUT2D eigenvalue weighted by molar-refractivity contribution is 0.398. The monoisotopic (exact) mass is 232 g/mol. The summed E-state index contributed by atoms with van der Waals surface area (Å²) < 4.78 is 25.8. The van der Waals surface area contributed by atoms with Gasteiger partial charge in [-0.3, -0.25) is 0 Å². The molecule has 0 unspecified atom stereocenters. The molecule has 0 amide bonds. The first kappa shape index (κ1) is 11.4. The molecular weight excluding hydrogens is 212 g/mol. The molecule has 0 saturated heterocycles. The molecule has 0 spiro atoms. The van der Waals surface area contributed by atoms with Crippen LogP contribution >= 0.6 is 0 Å². The van der Waals surface area contributed by atoms with Crippen LogP contribution in [0.3, 0.4) is 0 Å². The van der Waals surface area contributed by atoms with Crippen molar-refractivity contribution in [1.82, 2.24) is 4.31 Å². The van der Waals surface area contributed by atoms with Gasteiger partial charge in [0.1, 0.15) is 0 Å². The first-order chi connectivity index (χ1) is 7.13. The number of nitrogens with zero attached hydrogens (tertiary/aromatic N) is 1. The zero-order valence-electron chi connectivity index (χ0n) is 9.06. The van der Waals surface area contributed by atoms with Crippen molar-refractivity contribution in [1.29, 1.82) is 0 Å². The van der Waals surface area contributed by atoms with Crippen LogP contribution in [0, 0.1) is 5.92 Å². The SMILES string of the molecule is NCCCN(C1CC1)S(=O)(=O)CC1CC1. The molecule has 0 heterocycles. The van der Waals surface area contributed by atoms with E-state index in [0.29, 0.717) is 30.8 Å². The van der Waals surface area contributed by atoms with E-state index in [9.17, 15) is 8.42 Å². The Labute approximate surface area is 91.9 Å². The molecule has 2 saturated carbocycles. The van der Waals surface area contributed by atoms with Crippen molar-refractivity contribution in [2.24, 2.45) is 11.7 Å². The Kier molecular flexibility index (Phi) is 3.33. The zero-order chi connectivity index (χ0) is 10.9. The third-order valence-corrected chi connectivity index (χ3v) is 5.13. The minimum absolute atomic E-state index is 0.292. The van der Waals surface area contributed by atoms with Crippen molar-refractivity contribution in [2.45, 2.75) is 38.1 Å². The molecule has 0 aliphatic heterocycles. The molecule has 2 aliphatic rings. The van der Waals surface area contributed by atoms with Crippen LogP contribution in [0.4, 0.5) is 0 Å². The fourth-order valence-electron chi connectivity index (χ4n) is 1.84. The molecule has 0 bridgehead atoms. The number of sulfonamides is 1. The van der Waals surface area contributed by atoms with Gasteiger partial charge in [0.2, 0.25) is 10.0 Å². The van der Waals surface area contributed by atoms with Gasteiger partial charge in [0.05, 0.1) is 5.75 Å². The average molecular weight is 232 g/mol. The molecule has 0 aromatic heterocycles. The van der Waals surface area contributed by atoms with Gasteiger partial charge >= 0.3 is 0 Å². The highest BCUT2D eigenvalue weighted by Crippen LogP contribution is 2.35. The number of hydrogen-bond donors (Lipinski definition) is 1. The second-order valence-corrected chi connectivity index (χ2v) is 6.67. The Morgan fingerprint density at radius 2 is 1.87 bits per heavy atom. The number of nitrogens with two attached hydrogens (primary N) is 1. The van der Waals surface area contributed by atoms with Crippen LogP contribution in [0.1, 0.15) is 32.1 Å². The molecule has 2 fully saturated rings.